The van der Waals surface area contributed by atoms with Crippen molar-refractivity contribution in [1.29, 1.82) is 0 Å². The first-order valence-electron chi connectivity index (χ1n) is 5.83. The zero-order valence-corrected chi connectivity index (χ0v) is 11.5. The largest absolute Gasteiger partial charge is 0.454 e. The van der Waals surface area contributed by atoms with Gasteiger partial charge in [-0.25, -0.2) is 0 Å². The summed E-state index contributed by atoms with van der Waals surface area (Å²) in [4.78, 5) is 0. The number of hydrogen-bond acceptors (Lipinski definition) is 4. The maximum Gasteiger partial charge on any atom is 0.231 e. The first kappa shape index (κ1) is 13.5. The molecule has 0 aliphatic carbocycles. The van der Waals surface area contributed by atoms with Gasteiger partial charge < -0.3 is 20.3 Å². The van der Waals surface area contributed by atoms with Crippen molar-refractivity contribution >= 4 is 11.6 Å². The van der Waals surface area contributed by atoms with E-state index in [2.05, 4.69) is 0 Å². The zero-order chi connectivity index (χ0) is 13.5. The van der Waals surface area contributed by atoms with Gasteiger partial charge in [0.1, 0.15) is 0 Å². The van der Waals surface area contributed by atoms with Crippen molar-refractivity contribution in [3.05, 3.63) is 22.7 Å². The third-order valence-corrected chi connectivity index (χ3v) is 3.41. The number of aliphatic hydroxyl groups is 1. The molecule has 1 aromatic carbocycles. The van der Waals surface area contributed by atoms with Crippen LogP contribution in [0.2, 0.25) is 5.02 Å². The summed E-state index contributed by atoms with van der Waals surface area (Å²) < 4.78 is 10.5. The van der Waals surface area contributed by atoms with E-state index in [1.165, 1.54) is 0 Å². The lowest BCUT2D eigenvalue weighted by molar-refractivity contribution is 0.0401. The van der Waals surface area contributed by atoms with Gasteiger partial charge in [0.25, 0.3) is 0 Å². The second-order valence-corrected chi connectivity index (χ2v) is 5.97. The van der Waals surface area contributed by atoms with Crippen LogP contribution >= 0.6 is 11.6 Å². The Morgan fingerprint density at radius 1 is 1.28 bits per heavy atom. The highest BCUT2D eigenvalue weighted by Crippen LogP contribution is 2.40. The average molecular weight is 272 g/mol. The van der Waals surface area contributed by atoms with E-state index in [0.717, 1.165) is 0 Å². The number of nitrogens with two attached hydrogens (primary N) is 1. The lowest BCUT2D eigenvalue weighted by atomic mass is 9.82. The molecule has 1 aromatic rings. The van der Waals surface area contributed by atoms with Gasteiger partial charge in [-0.3, -0.25) is 0 Å². The lowest BCUT2D eigenvalue weighted by Gasteiger charge is -2.31. The van der Waals surface area contributed by atoms with Crippen LogP contribution in [0.5, 0.6) is 11.5 Å². The summed E-state index contributed by atoms with van der Waals surface area (Å²) in [5, 5.41) is 10.7. The van der Waals surface area contributed by atoms with Crippen LogP contribution in [0.3, 0.4) is 0 Å². The Morgan fingerprint density at radius 2 is 1.83 bits per heavy atom. The molecule has 3 N–H and O–H groups in total. The summed E-state index contributed by atoms with van der Waals surface area (Å²) >= 11 is 6.17. The minimum absolute atomic E-state index is 0.187. The molecular weight excluding hydrogens is 254 g/mol. The molecule has 0 radical (unpaired) electrons. The Morgan fingerprint density at radius 3 is 2.39 bits per heavy atom. The fourth-order valence-corrected chi connectivity index (χ4v) is 2.18. The number of rotatable bonds is 2. The Labute approximate surface area is 112 Å². The molecule has 2 atom stereocenters. The van der Waals surface area contributed by atoms with Crippen LogP contribution in [-0.2, 0) is 0 Å². The second-order valence-electron chi connectivity index (χ2n) is 5.56. The van der Waals surface area contributed by atoms with E-state index in [1.807, 2.05) is 20.8 Å². The predicted molar refractivity (Wildman–Crippen MR) is 70.0 cm³/mol. The van der Waals surface area contributed by atoms with E-state index < -0.39 is 12.1 Å². The fraction of sp³-hybridized carbons (Fsp3) is 0.538. The summed E-state index contributed by atoms with van der Waals surface area (Å²) in [6.07, 6.45) is -0.699. The van der Waals surface area contributed by atoms with E-state index in [0.29, 0.717) is 22.1 Å². The summed E-state index contributed by atoms with van der Waals surface area (Å²) in [7, 11) is 0. The molecule has 0 aromatic heterocycles. The molecule has 0 amide bonds. The van der Waals surface area contributed by atoms with Crippen molar-refractivity contribution in [3.63, 3.8) is 0 Å². The summed E-state index contributed by atoms with van der Waals surface area (Å²) in [5.74, 6) is 1.23. The first-order valence-corrected chi connectivity index (χ1v) is 6.21. The number of hydrogen-bond donors (Lipinski definition) is 2. The van der Waals surface area contributed by atoms with Crippen LogP contribution in [0, 0.1) is 5.41 Å². The van der Waals surface area contributed by atoms with Crippen LogP contribution in [0.15, 0.2) is 12.1 Å². The number of ether oxygens (including phenoxy) is 2. The van der Waals surface area contributed by atoms with Crippen LogP contribution in [0.25, 0.3) is 0 Å². The SMILES string of the molecule is CC(C)(C)[C@H](O)[C@H](N)c1cc2c(cc1Cl)OCO2. The highest BCUT2D eigenvalue weighted by Gasteiger charge is 2.31. The van der Waals surface area contributed by atoms with Crippen molar-refractivity contribution in [2.24, 2.45) is 11.1 Å². The highest BCUT2D eigenvalue weighted by atomic mass is 35.5. The standard InChI is InChI=1S/C13H18ClNO3/c1-13(2,3)12(16)11(15)7-4-9-10(5-8(7)14)18-6-17-9/h4-5,11-12,16H,6,15H2,1-3H3/t11-,12-/m1/s1. The van der Waals surface area contributed by atoms with Crippen LogP contribution in [0.4, 0.5) is 0 Å². The van der Waals surface area contributed by atoms with E-state index in [9.17, 15) is 5.11 Å². The Balaban J connectivity index is 2.34. The lowest BCUT2D eigenvalue weighted by Crippen LogP contribution is -2.37. The maximum absolute atomic E-state index is 10.2. The van der Waals surface area contributed by atoms with Crippen molar-refractivity contribution in [3.8, 4) is 11.5 Å². The minimum atomic E-state index is -0.699. The Kier molecular flexibility index (Phi) is 3.45. The third-order valence-electron chi connectivity index (χ3n) is 3.08. The van der Waals surface area contributed by atoms with Crippen LogP contribution < -0.4 is 15.2 Å². The van der Waals surface area contributed by atoms with E-state index in [-0.39, 0.29) is 12.2 Å². The minimum Gasteiger partial charge on any atom is -0.454 e. The molecule has 4 nitrogen and oxygen atoms in total. The molecule has 0 bridgehead atoms. The van der Waals surface area contributed by atoms with Gasteiger partial charge >= 0.3 is 0 Å². The zero-order valence-electron chi connectivity index (χ0n) is 10.7. The van der Waals surface area contributed by atoms with Gasteiger partial charge in [0, 0.05) is 11.1 Å². The van der Waals surface area contributed by atoms with E-state index >= 15 is 0 Å². The summed E-state index contributed by atoms with van der Waals surface area (Å²) in [6.45, 7) is 5.97. The van der Waals surface area contributed by atoms with Gasteiger partial charge in [-0.15, -0.1) is 0 Å². The highest BCUT2D eigenvalue weighted by molar-refractivity contribution is 6.31. The normalized spacial score (nSPS) is 17.7. The van der Waals surface area contributed by atoms with Crippen LogP contribution in [0.1, 0.15) is 32.4 Å². The van der Waals surface area contributed by atoms with Gasteiger partial charge in [0.2, 0.25) is 6.79 Å². The predicted octanol–water partition coefficient (Wildman–Crippen LogP) is 2.48. The van der Waals surface area contributed by atoms with Crippen molar-refractivity contribution < 1.29 is 14.6 Å². The number of fused-ring (bicyclic) bond motifs is 1. The van der Waals surface area contributed by atoms with Crippen molar-refractivity contribution in [2.75, 3.05) is 6.79 Å². The molecule has 0 saturated carbocycles. The molecule has 18 heavy (non-hydrogen) atoms. The maximum atomic E-state index is 10.2. The number of benzene rings is 1. The average Bonchev–Trinajstić information content (AvgIpc) is 2.71. The smallest absolute Gasteiger partial charge is 0.231 e. The van der Waals surface area contributed by atoms with Gasteiger partial charge in [-0.1, -0.05) is 32.4 Å². The number of aliphatic hydroxyl groups excluding tert-OH is 1. The monoisotopic (exact) mass is 271 g/mol. The molecule has 1 aliphatic heterocycles. The summed E-state index contributed by atoms with van der Waals surface area (Å²) in [5.41, 5.74) is 6.44. The molecular formula is C13H18ClNO3. The quantitative estimate of drug-likeness (QED) is 0.867. The first-order chi connectivity index (χ1) is 8.30. The molecule has 0 unspecified atom stereocenters. The summed E-state index contributed by atoms with van der Waals surface area (Å²) in [6, 6.07) is 2.85. The molecule has 5 heteroatoms. The molecule has 100 valence electrons. The molecule has 1 heterocycles. The Hall–Kier alpha value is -0.970. The van der Waals surface area contributed by atoms with Crippen molar-refractivity contribution in [2.45, 2.75) is 32.9 Å². The van der Waals surface area contributed by atoms with Crippen molar-refractivity contribution in [1.82, 2.24) is 0 Å². The molecule has 2 rings (SSSR count). The second kappa shape index (κ2) is 4.61. The molecule has 0 spiro atoms. The van der Waals surface area contributed by atoms with Gasteiger partial charge in [0.15, 0.2) is 11.5 Å². The third kappa shape index (κ3) is 2.41. The number of halogens is 1. The topological polar surface area (TPSA) is 64.7 Å². The fourth-order valence-electron chi connectivity index (χ4n) is 1.90. The van der Waals surface area contributed by atoms with E-state index in [1.54, 1.807) is 12.1 Å². The molecule has 1 aliphatic rings. The van der Waals surface area contributed by atoms with Gasteiger partial charge in [-0.05, 0) is 17.0 Å². The molecule has 0 saturated heterocycles. The van der Waals surface area contributed by atoms with E-state index in [4.69, 9.17) is 26.8 Å². The van der Waals surface area contributed by atoms with Gasteiger partial charge in [0.05, 0.1) is 12.1 Å². The van der Waals surface area contributed by atoms with Gasteiger partial charge in [-0.2, -0.15) is 0 Å². The molecule has 0 fully saturated rings. The van der Waals surface area contributed by atoms with Crippen LogP contribution in [-0.4, -0.2) is 18.0 Å². The Bertz CT molecular complexity index is 456.